The lowest BCUT2D eigenvalue weighted by Crippen LogP contribution is -2.32. The van der Waals surface area contributed by atoms with E-state index < -0.39 is 6.10 Å². The molecule has 2 atom stereocenters. The Morgan fingerprint density at radius 3 is 2.80 bits per heavy atom. The number of carbonyl (C=O) groups is 2. The van der Waals surface area contributed by atoms with Crippen molar-refractivity contribution >= 4 is 17.5 Å². The monoisotopic (exact) mass is 347 g/mol. The van der Waals surface area contributed by atoms with Gasteiger partial charge in [-0.15, -0.1) is 0 Å². The molecule has 25 heavy (non-hydrogen) atoms. The van der Waals surface area contributed by atoms with Gasteiger partial charge < -0.3 is 25.4 Å². The molecule has 1 aromatic rings. The number of likely N-dealkylation sites (tertiary alicyclic amines) is 1. The summed E-state index contributed by atoms with van der Waals surface area (Å²) in [5.74, 6) is 0.373. The Labute approximate surface area is 147 Å². The maximum absolute atomic E-state index is 12.2. The van der Waals surface area contributed by atoms with Crippen molar-refractivity contribution in [1.82, 2.24) is 4.90 Å². The minimum Gasteiger partial charge on any atom is -0.484 e. The zero-order valence-electron chi connectivity index (χ0n) is 14.3. The molecule has 0 bridgehead atoms. The van der Waals surface area contributed by atoms with Gasteiger partial charge in [0.2, 0.25) is 0 Å². The highest BCUT2D eigenvalue weighted by Gasteiger charge is 2.29. The molecular weight excluding hydrogens is 322 g/mol. The summed E-state index contributed by atoms with van der Waals surface area (Å²) in [6.07, 6.45) is 3.09. The van der Waals surface area contributed by atoms with E-state index >= 15 is 0 Å². The second-order valence-corrected chi connectivity index (χ2v) is 6.45. The maximum Gasteiger partial charge on any atom is 0.260 e. The Kier molecular flexibility index (Phi) is 5.88. The van der Waals surface area contributed by atoms with Gasteiger partial charge in [-0.1, -0.05) is 6.07 Å². The number of nitrogens with two attached hydrogens (primary N) is 1. The van der Waals surface area contributed by atoms with Gasteiger partial charge in [0.25, 0.3) is 11.8 Å². The van der Waals surface area contributed by atoms with Crippen LogP contribution < -0.4 is 15.8 Å². The van der Waals surface area contributed by atoms with Crippen molar-refractivity contribution in [1.29, 1.82) is 0 Å². The molecule has 0 aromatic heterocycles. The number of ether oxygens (including phenoxy) is 2. The quantitative estimate of drug-likeness (QED) is 0.805. The molecule has 0 spiro atoms. The molecule has 2 amide bonds. The van der Waals surface area contributed by atoms with Crippen LogP contribution in [0, 0.1) is 0 Å². The van der Waals surface area contributed by atoms with Crippen LogP contribution in [0.25, 0.3) is 0 Å². The molecule has 0 radical (unpaired) electrons. The first-order chi connectivity index (χ1) is 12.2. The first-order valence-corrected chi connectivity index (χ1v) is 8.83. The average Bonchev–Trinajstić information content (AvgIpc) is 3.31. The van der Waals surface area contributed by atoms with Crippen LogP contribution in [0.2, 0.25) is 0 Å². The van der Waals surface area contributed by atoms with Gasteiger partial charge in [-0.25, -0.2) is 0 Å². The number of benzene rings is 1. The predicted molar refractivity (Wildman–Crippen MR) is 93.3 cm³/mol. The van der Waals surface area contributed by atoms with Crippen LogP contribution in [-0.2, 0) is 14.3 Å². The number of carbonyl (C=O) groups excluding carboxylic acids is 2. The molecule has 2 fully saturated rings. The smallest absolute Gasteiger partial charge is 0.260 e. The summed E-state index contributed by atoms with van der Waals surface area (Å²) in [5, 5.41) is 2.83. The normalized spacial score (nSPS) is 22.8. The van der Waals surface area contributed by atoms with Crippen LogP contribution in [0.5, 0.6) is 5.75 Å². The third-order valence-corrected chi connectivity index (χ3v) is 4.59. The number of anilines is 1. The molecule has 136 valence electrons. The number of nitrogens with one attached hydrogen (secondary N) is 1. The molecule has 2 aliphatic rings. The minimum absolute atomic E-state index is 0.000814. The lowest BCUT2D eigenvalue weighted by atomic mass is 10.2. The highest BCUT2D eigenvalue weighted by Crippen LogP contribution is 2.22. The number of rotatable bonds is 6. The van der Waals surface area contributed by atoms with E-state index in [0.717, 1.165) is 32.4 Å². The number of amides is 2. The van der Waals surface area contributed by atoms with Crippen molar-refractivity contribution in [2.45, 2.75) is 37.9 Å². The molecule has 2 aliphatic heterocycles. The summed E-state index contributed by atoms with van der Waals surface area (Å²) in [5.41, 5.74) is 6.19. The largest absolute Gasteiger partial charge is 0.484 e. The van der Waals surface area contributed by atoms with Gasteiger partial charge in [-0.3, -0.25) is 9.59 Å². The molecule has 3 N–H and O–H groups in total. The summed E-state index contributed by atoms with van der Waals surface area (Å²) in [4.78, 5) is 26.1. The topological polar surface area (TPSA) is 93.9 Å². The molecule has 7 heteroatoms. The van der Waals surface area contributed by atoms with E-state index in [4.69, 9.17) is 15.2 Å². The van der Waals surface area contributed by atoms with E-state index in [2.05, 4.69) is 5.32 Å². The lowest BCUT2D eigenvalue weighted by molar-refractivity contribution is -0.132. The van der Waals surface area contributed by atoms with Crippen molar-refractivity contribution in [3.63, 3.8) is 0 Å². The van der Waals surface area contributed by atoms with Gasteiger partial charge in [0, 0.05) is 31.4 Å². The van der Waals surface area contributed by atoms with Crippen LogP contribution in [0.3, 0.4) is 0 Å². The van der Waals surface area contributed by atoms with Crippen molar-refractivity contribution in [2.24, 2.45) is 5.73 Å². The maximum atomic E-state index is 12.2. The Balaban J connectivity index is 1.50. The molecular formula is C18H25N3O4. The number of hydrogen-bond acceptors (Lipinski definition) is 5. The number of hydrogen-bond donors (Lipinski definition) is 2. The highest BCUT2D eigenvalue weighted by molar-refractivity contribution is 5.94. The van der Waals surface area contributed by atoms with Gasteiger partial charge >= 0.3 is 0 Å². The summed E-state index contributed by atoms with van der Waals surface area (Å²) in [6.45, 7) is 2.06. The van der Waals surface area contributed by atoms with Crippen LogP contribution >= 0.6 is 0 Å². The third-order valence-electron chi connectivity index (χ3n) is 4.59. The highest BCUT2D eigenvalue weighted by atomic mass is 16.5. The molecule has 1 aromatic carbocycles. The Bertz CT molecular complexity index is 616. The van der Waals surface area contributed by atoms with Gasteiger partial charge in [0.15, 0.2) is 6.61 Å². The Morgan fingerprint density at radius 1 is 1.28 bits per heavy atom. The summed E-state index contributed by atoms with van der Waals surface area (Å²) < 4.78 is 11.2. The van der Waals surface area contributed by atoms with Crippen LogP contribution in [0.1, 0.15) is 25.7 Å². The molecule has 7 nitrogen and oxygen atoms in total. The average molecular weight is 347 g/mol. The summed E-state index contributed by atoms with van der Waals surface area (Å²) in [7, 11) is 0. The predicted octanol–water partition coefficient (Wildman–Crippen LogP) is 1.13. The zero-order valence-corrected chi connectivity index (χ0v) is 14.3. The Morgan fingerprint density at radius 2 is 2.08 bits per heavy atom. The molecule has 3 rings (SSSR count). The van der Waals surface area contributed by atoms with E-state index in [-0.39, 0.29) is 24.5 Å². The molecule has 2 heterocycles. The molecule has 0 unspecified atom stereocenters. The molecule has 2 saturated heterocycles. The van der Waals surface area contributed by atoms with Gasteiger partial charge in [-0.05, 0) is 37.8 Å². The second kappa shape index (κ2) is 8.31. The van der Waals surface area contributed by atoms with Gasteiger partial charge in [-0.2, -0.15) is 0 Å². The van der Waals surface area contributed by atoms with E-state index in [1.165, 1.54) is 0 Å². The summed E-state index contributed by atoms with van der Waals surface area (Å²) >= 11 is 0. The van der Waals surface area contributed by atoms with Crippen molar-refractivity contribution < 1.29 is 19.1 Å². The van der Waals surface area contributed by atoms with E-state index in [1.807, 2.05) is 4.90 Å². The fourth-order valence-electron chi connectivity index (χ4n) is 3.16. The van der Waals surface area contributed by atoms with Crippen LogP contribution in [0.15, 0.2) is 24.3 Å². The standard InChI is InChI=1S/C18H25N3O4/c19-11-15-6-7-16(25-15)18(23)20-13-4-3-5-14(10-13)24-12-17(22)21-8-1-2-9-21/h3-5,10,15-16H,1-2,6-9,11-12,19H2,(H,20,23)/t15-,16+/m1/s1. The number of nitrogens with zero attached hydrogens (tertiary/aromatic N) is 1. The first kappa shape index (κ1) is 17.7. The summed E-state index contributed by atoms with van der Waals surface area (Å²) in [6, 6.07) is 7.04. The first-order valence-electron chi connectivity index (χ1n) is 8.83. The lowest BCUT2D eigenvalue weighted by Gasteiger charge is -2.16. The van der Waals surface area contributed by atoms with Gasteiger partial charge in [0.05, 0.1) is 6.10 Å². The fraction of sp³-hybridized carbons (Fsp3) is 0.556. The SMILES string of the molecule is NC[C@H]1CC[C@@H](C(=O)Nc2cccc(OCC(=O)N3CCCC3)c2)O1. The van der Waals surface area contributed by atoms with Crippen molar-refractivity contribution in [2.75, 3.05) is 31.6 Å². The molecule has 0 saturated carbocycles. The van der Waals surface area contributed by atoms with Gasteiger partial charge in [0.1, 0.15) is 11.9 Å². The van der Waals surface area contributed by atoms with Crippen LogP contribution in [-0.4, -0.2) is 55.2 Å². The van der Waals surface area contributed by atoms with Crippen molar-refractivity contribution in [3.05, 3.63) is 24.3 Å². The Hall–Kier alpha value is -2.12. The minimum atomic E-state index is -0.463. The molecule has 0 aliphatic carbocycles. The third kappa shape index (κ3) is 4.70. The van der Waals surface area contributed by atoms with Crippen molar-refractivity contribution in [3.8, 4) is 5.75 Å². The van der Waals surface area contributed by atoms with Crippen LogP contribution in [0.4, 0.5) is 5.69 Å². The van der Waals surface area contributed by atoms with E-state index in [0.29, 0.717) is 24.4 Å². The second-order valence-electron chi connectivity index (χ2n) is 6.45. The van der Waals surface area contributed by atoms with E-state index in [9.17, 15) is 9.59 Å². The fourth-order valence-corrected chi connectivity index (χ4v) is 3.16. The van der Waals surface area contributed by atoms with E-state index in [1.54, 1.807) is 24.3 Å². The zero-order chi connectivity index (χ0) is 17.6.